The Labute approximate surface area is 114 Å². The van der Waals surface area contributed by atoms with Gasteiger partial charge in [0.1, 0.15) is 0 Å². The minimum atomic E-state index is 0.316. The van der Waals surface area contributed by atoms with E-state index in [1.165, 1.54) is 0 Å². The first-order valence-corrected chi connectivity index (χ1v) is 6.83. The summed E-state index contributed by atoms with van der Waals surface area (Å²) < 4.78 is 5.16. The summed E-state index contributed by atoms with van der Waals surface area (Å²) >= 11 is 0. The molecule has 2 heterocycles. The van der Waals surface area contributed by atoms with Gasteiger partial charge >= 0.3 is 6.01 Å². The van der Waals surface area contributed by atoms with Crippen LogP contribution < -0.4 is 15.0 Å². The number of hydrogen-bond donors (Lipinski definition) is 1. The summed E-state index contributed by atoms with van der Waals surface area (Å²) in [7, 11) is 1.58. The summed E-state index contributed by atoms with van der Waals surface area (Å²) in [5, 5.41) is 3.18. The molecule has 1 saturated heterocycles. The Balaban J connectivity index is 2.19. The summed E-state index contributed by atoms with van der Waals surface area (Å²) in [6, 6.07) is 0.369. The molecule has 1 aromatic rings. The molecule has 1 aromatic heterocycles. The maximum atomic E-state index is 5.16. The smallest absolute Gasteiger partial charge is 0.322 e. The number of methoxy groups -OCH3 is 1. The molecule has 0 unspecified atom stereocenters. The van der Waals surface area contributed by atoms with E-state index in [9.17, 15) is 0 Å². The number of ether oxygens (including phenoxy) is 1. The van der Waals surface area contributed by atoms with E-state index in [-0.39, 0.29) is 0 Å². The van der Waals surface area contributed by atoms with Gasteiger partial charge in [0.2, 0.25) is 11.9 Å². The predicted octanol–water partition coefficient (Wildman–Crippen LogP) is 1.94. The third-order valence-electron chi connectivity index (χ3n) is 3.28. The van der Waals surface area contributed by atoms with Gasteiger partial charge in [-0.1, -0.05) is 20.8 Å². The highest BCUT2D eigenvalue weighted by Crippen LogP contribution is 2.31. The summed E-state index contributed by atoms with van der Waals surface area (Å²) in [5.74, 6) is 1.30. The van der Waals surface area contributed by atoms with Crippen LogP contribution in [0.4, 0.5) is 11.9 Å². The second-order valence-corrected chi connectivity index (χ2v) is 5.71. The molecule has 0 aromatic carbocycles. The van der Waals surface area contributed by atoms with Gasteiger partial charge in [-0.05, 0) is 18.3 Å². The molecule has 1 fully saturated rings. The Morgan fingerprint density at radius 2 is 2.11 bits per heavy atom. The molecule has 6 heteroatoms. The molecule has 1 N–H and O–H groups in total. The maximum absolute atomic E-state index is 5.16. The minimum Gasteiger partial charge on any atom is -0.467 e. The molecule has 1 aliphatic heterocycles. The van der Waals surface area contributed by atoms with E-state index in [1.807, 2.05) is 0 Å². The molecule has 0 bridgehead atoms. The fraction of sp³-hybridized carbons (Fsp3) is 0.769. The third kappa shape index (κ3) is 3.45. The highest BCUT2D eigenvalue weighted by Gasteiger charge is 2.31. The van der Waals surface area contributed by atoms with Crippen molar-refractivity contribution in [3.63, 3.8) is 0 Å². The van der Waals surface area contributed by atoms with Crippen LogP contribution in [0.3, 0.4) is 0 Å². The first kappa shape index (κ1) is 13.8. The molecule has 106 valence electrons. The van der Waals surface area contributed by atoms with Gasteiger partial charge in [-0.25, -0.2) is 0 Å². The lowest BCUT2D eigenvalue weighted by atomic mass is 9.93. The van der Waals surface area contributed by atoms with Crippen LogP contribution >= 0.6 is 0 Å². The normalized spacial score (nSPS) is 17.6. The van der Waals surface area contributed by atoms with Crippen LogP contribution in [0.2, 0.25) is 0 Å². The van der Waals surface area contributed by atoms with Crippen molar-refractivity contribution in [3.05, 3.63) is 0 Å². The van der Waals surface area contributed by atoms with Gasteiger partial charge < -0.3 is 15.0 Å². The standard InChI is InChI=1S/C13H23N5O/c1-5-7-14-10-15-11(17-12(16-10)19-4)18-8-6-13(2,3)9-18/h5-9H2,1-4H3,(H,14,15,16,17). The van der Waals surface area contributed by atoms with Crippen LogP contribution in [0, 0.1) is 5.41 Å². The zero-order valence-corrected chi connectivity index (χ0v) is 12.2. The van der Waals surface area contributed by atoms with Crippen LogP contribution in [0.25, 0.3) is 0 Å². The molecule has 0 spiro atoms. The van der Waals surface area contributed by atoms with Gasteiger partial charge in [-0.2, -0.15) is 15.0 Å². The van der Waals surface area contributed by atoms with Crippen LogP contribution in [-0.2, 0) is 0 Å². The summed E-state index contributed by atoms with van der Waals surface area (Å²) in [4.78, 5) is 15.2. The molecule has 19 heavy (non-hydrogen) atoms. The highest BCUT2D eigenvalue weighted by molar-refractivity contribution is 5.39. The summed E-state index contributed by atoms with van der Waals surface area (Å²) in [6.07, 6.45) is 2.18. The minimum absolute atomic E-state index is 0.316. The fourth-order valence-corrected chi connectivity index (χ4v) is 2.18. The zero-order valence-electron chi connectivity index (χ0n) is 12.2. The van der Waals surface area contributed by atoms with Crippen molar-refractivity contribution in [2.45, 2.75) is 33.6 Å². The first-order chi connectivity index (χ1) is 9.04. The Morgan fingerprint density at radius 3 is 2.68 bits per heavy atom. The van der Waals surface area contributed by atoms with Gasteiger partial charge in [-0.3, -0.25) is 0 Å². The van der Waals surface area contributed by atoms with E-state index in [0.717, 1.165) is 32.5 Å². The SMILES string of the molecule is CCCNc1nc(OC)nc(N2CCC(C)(C)C2)n1. The summed E-state index contributed by atoms with van der Waals surface area (Å²) in [6.45, 7) is 9.43. The van der Waals surface area contributed by atoms with Gasteiger partial charge in [0.05, 0.1) is 7.11 Å². The molecule has 0 atom stereocenters. The quantitative estimate of drug-likeness (QED) is 0.877. The van der Waals surface area contributed by atoms with Crippen LogP contribution in [-0.4, -0.2) is 41.7 Å². The lowest BCUT2D eigenvalue weighted by molar-refractivity contribution is 0.378. The van der Waals surface area contributed by atoms with E-state index < -0.39 is 0 Å². The second-order valence-electron chi connectivity index (χ2n) is 5.71. The molecule has 2 rings (SSSR count). The van der Waals surface area contributed by atoms with Crippen LogP contribution in [0.5, 0.6) is 6.01 Å². The Hall–Kier alpha value is -1.59. The van der Waals surface area contributed by atoms with Crippen molar-refractivity contribution < 1.29 is 4.74 Å². The van der Waals surface area contributed by atoms with Gasteiger partial charge in [0, 0.05) is 19.6 Å². The van der Waals surface area contributed by atoms with Crippen molar-refractivity contribution in [3.8, 4) is 6.01 Å². The van der Waals surface area contributed by atoms with Crippen molar-refractivity contribution in [2.24, 2.45) is 5.41 Å². The average Bonchev–Trinajstić information content (AvgIpc) is 2.76. The van der Waals surface area contributed by atoms with E-state index in [1.54, 1.807) is 7.11 Å². The average molecular weight is 265 g/mol. The molecule has 0 aliphatic carbocycles. The van der Waals surface area contributed by atoms with Gasteiger partial charge in [0.25, 0.3) is 0 Å². The number of anilines is 2. The topological polar surface area (TPSA) is 63.2 Å². The van der Waals surface area contributed by atoms with Crippen molar-refractivity contribution in [1.82, 2.24) is 15.0 Å². The van der Waals surface area contributed by atoms with Crippen LogP contribution in [0.1, 0.15) is 33.6 Å². The van der Waals surface area contributed by atoms with E-state index in [0.29, 0.717) is 23.3 Å². The lowest BCUT2D eigenvalue weighted by Crippen LogP contribution is -2.25. The molecular weight excluding hydrogens is 242 g/mol. The van der Waals surface area contributed by atoms with Crippen molar-refractivity contribution in [1.29, 1.82) is 0 Å². The number of nitrogens with zero attached hydrogens (tertiary/aromatic N) is 4. The van der Waals surface area contributed by atoms with Crippen molar-refractivity contribution >= 4 is 11.9 Å². The Kier molecular flexibility index (Phi) is 4.07. The second kappa shape index (κ2) is 5.59. The van der Waals surface area contributed by atoms with Gasteiger partial charge in [-0.15, -0.1) is 0 Å². The molecule has 1 aliphatic rings. The van der Waals surface area contributed by atoms with Crippen LogP contribution in [0.15, 0.2) is 0 Å². The van der Waals surface area contributed by atoms with Gasteiger partial charge in [0.15, 0.2) is 0 Å². The predicted molar refractivity (Wildman–Crippen MR) is 75.8 cm³/mol. The monoisotopic (exact) mass is 265 g/mol. The van der Waals surface area contributed by atoms with E-state index in [4.69, 9.17) is 4.74 Å². The molecule has 0 amide bonds. The van der Waals surface area contributed by atoms with E-state index >= 15 is 0 Å². The maximum Gasteiger partial charge on any atom is 0.322 e. The highest BCUT2D eigenvalue weighted by atomic mass is 16.5. The molecular formula is C13H23N5O. The van der Waals surface area contributed by atoms with E-state index in [2.05, 4.69) is 45.9 Å². The fourth-order valence-electron chi connectivity index (χ4n) is 2.18. The largest absolute Gasteiger partial charge is 0.467 e. The zero-order chi connectivity index (χ0) is 13.9. The number of rotatable bonds is 5. The molecule has 0 radical (unpaired) electrons. The Morgan fingerprint density at radius 1 is 1.32 bits per heavy atom. The van der Waals surface area contributed by atoms with Crippen molar-refractivity contribution in [2.75, 3.05) is 37.0 Å². The Bertz CT molecular complexity index is 435. The third-order valence-corrected chi connectivity index (χ3v) is 3.28. The summed E-state index contributed by atoms with van der Waals surface area (Å²) in [5.41, 5.74) is 0.316. The molecule has 6 nitrogen and oxygen atoms in total. The number of nitrogens with one attached hydrogen (secondary N) is 1. The lowest BCUT2D eigenvalue weighted by Gasteiger charge is -2.20. The molecule has 0 saturated carbocycles. The number of hydrogen-bond acceptors (Lipinski definition) is 6. The first-order valence-electron chi connectivity index (χ1n) is 6.83. The number of aromatic nitrogens is 3.